The fraction of sp³-hybridized carbons (Fsp3) is 0.556. The van der Waals surface area contributed by atoms with Crippen molar-refractivity contribution in [3.05, 3.63) is 42.2 Å². The first-order valence-corrected chi connectivity index (χ1v) is 9.43. The molecule has 3 heteroatoms. The lowest BCUT2D eigenvalue weighted by Gasteiger charge is -2.19. The first-order valence-electron chi connectivity index (χ1n) is 7.94. The molecule has 0 aromatic heterocycles. The highest BCUT2D eigenvalue weighted by Gasteiger charge is 2.15. The van der Waals surface area contributed by atoms with Crippen molar-refractivity contribution in [1.82, 2.24) is 0 Å². The molecule has 1 fully saturated rings. The molecule has 0 N–H and O–H groups in total. The average Bonchev–Trinajstić information content (AvgIpc) is 2.49. The Balaban J connectivity index is 1.74. The summed E-state index contributed by atoms with van der Waals surface area (Å²) in [4.78, 5) is 0. The predicted octanol–water partition coefficient (Wildman–Crippen LogP) is 4.39. The van der Waals surface area contributed by atoms with Gasteiger partial charge < -0.3 is 4.74 Å². The molecular weight excluding hydrogens is 280 g/mol. The molecule has 1 aromatic carbocycles. The average molecular weight is 306 g/mol. The van der Waals surface area contributed by atoms with Gasteiger partial charge in [0.2, 0.25) is 0 Å². The largest absolute Gasteiger partial charge is 0.501 e. The number of hydrogen-bond donors (Lipinski definition) is 0. The van der Waals surface area contributed by atoms with Crippen molar-refractivity contribution in [3.8, 4) is 0 Å². The van der Waals surface area contributed by atoms with Crippen molar-refractivity contribution in [2.45, 2.75) is 39.0 Å². The van der Waals surface area contributed by atoms with Crippen LogP contribution in [-0.2, 0) is 15.5 Å². The SMILES string of the molecule is C/C(=C/OCCC1CCCCCS(=O)C1)c1ccccc1. The first kappa shape index (κ1) is 16.3. The molecule has 116 valence electrons. The van der Waals surface area contributed by atoms with Crippen molar-refractivity contribution in [2.75, 3.05) is 18.1 Å². The van der Waals surface area contributed by atoms with Crippen LogP contribution < -0.4 is 0 Å². The second-order valence-electron chi connectivity index (χ2n) is 5.85. The molecule has 0 saturated carbocycles. The second-order valence-corrected chi connectivity index (χ2v) is 7.47. The van der Waals surface area contributed by atoms with Crippen molar-refractivity contribution < 1.29 is 8.95 Å². The van der Waals surface area contributed by atoms with Crippen LogP contribution in [-0.4, -0.2) is 22.3 Å². The minimum absolute atomic E-state index is 0.566. The highest BCUT2D eigenvalue weighted by molar-refractivity contribution is 7.84. The highest BCUT2D eigenvalue weighted by Crippen LogP contribution is 2.19. The van der Waals surface area contributed by atoms with E-state index in [-0.39, 0.29) is 0 Å². The lowest BCUT2D eigenvalue weighted by atomic mass is 10.00. The molecule has 2 rings (SSSR count). The Labute approximate surface area is 131 Å². The zero-order valence-corrected chi connectivity index (χ0v) is 13.7. The number of benzene rings is 1. The van der Waals surface area contributed by atoms with E-state index in [1.807, 2.05) is 24.5 Å². The summed E-state index contributed by atoms with van der Waals surface area (Å²) in [5.74, 6) is 2.33. The maximum Gasteiger partial charge on any atom is 0.0876 e. The van der Waals surface area contributed by atoms with Crippen molar-refractivity contribution >= 4 is 16.4 Å². The summed E-state index contributed by atoms with van der Waals surface area (Å²) in [5.41, 5.74) is 2.35. The minimum Gasteiger partial charge on any atom is -0.501 e. The van der Waals surface area contributed by atoms with E-state index < -0.39 is 10.8 Å². The zero-order chi connectivity index (χ0) is 14.9. The van der Waals surface area contributed by atoms with Gasteiger partial charge in [-0.1, -0.05) is 43.2 Å². The third-order valence-electron chi connectivity index (χ3n) is 4.04. The van der Waals surface area contributed by atoms with Gasteiger partial charge in [-0.3, -0.25) is 4.21 Å². The van der Waals surface area contributed by atoms with Gasteiger partial charge in [0.25, 0.3) is 0 Å². The lowest BCUT2D eigenvalue weighted by Crippen LogP contribution is -2.17. The molecule has 0 aliphatic carbocycles. The molecular formula is C18H26O2S. The molecule has 1 aliphatic rings. The molecule has 0 radical (unpaired) electrons. The smallest absolute Gasteiger partial charge is 0.0876 e. The fourth-order valence-corrected chi connectivity index (χ4v) is 4.27. The summed E-state index contributed by atoms with van der Waals surface area (Å²) >= 11 is 0. The van der Waals surface area contributed by atoms with Gasteiger partial charge in [-0.15, -0.1) is 0 Å². The van der Waals surface area contributed by atoms with Crippen molar-refractivity contribution in [1.29, 1.82) is 0 Å². The number of ether oxygens (including phenoxy) is 1. The fourth-order valence-electron chi connectivity index (χ4n) is 2.72. The van der Waals surface area contributed by atoms with E-state index in [4.69, 9.17) is 4.74 Å². The van der Waals surface area contributed by atoms with Gasteiger partial charge >= 0.3 is 0 Å². The van der Waals surface area contributed by atoms with Crippen LogP contribution in [0, 0.1) is 5.92 Å². The first-order chi connectivity index (χ1) is 10.3. The van der Waals surface area contributed by atoms with Crippen LogP contribution in [0.15, 0.2) is 36.6 Å². The maximum absolute atomic E-state index is 11.8. The van der Waals surface area contributed by atoms with E-state index in [0.29, 0.717) is 5.92 Å². The molecule has 2 nitrogen and oxygen atoms in total. The van der Waals surface area contributed by atoms with E-state index in [9.17, 15) is 4.21 Å². The number of allylic oxidation sites excluding steroid dienone is 1. The zero-order valence-electron chi connectivity index (χ0n) is 12.9. The van der Waals surface area contributed by atoms with Crippen LogP contribution in [0.5, 0.6) is 0 Å². The second kappa shape index (κ2) is 9.04. The summed E-state index contributed by atoms with van der Waals surface area (Å²) in [6, 6.07) is 10.3. The Hall–Kier alpha value is -1.09. The molecule has 0 bridgehead atoms. The lowest BCUT2D eigenvalue weighted by molar-refractivity contribution is 0.223. The molecule has 0 spiro atoms. The van der Waals surface area contributed by atoms with E-state index in [0.717, 1.165) is 36.5 Å². The van der Waals surface area contributed by atoms with Crippen LogP contribution in [0.4, 0.5) is 0 Å². The molecule has 0 amide bonds. The molecule has 1 heterocycles. The predicted molar refractivity (Wildman–Crippen MR) is 90.5 cm³/mol. The van der Waals surface area contributed by atoms with Gasteiger partial charge in [-0.2, -0.15) is 0 Å². The normalized spacial score (nSPS) is 24.1. The van der Waals surface area contributed by atoms with Gasteiger partial charge in [0, 0.05) is 22.3 Å². The number of hydrogen-bond acceptors (Lipinski definition) is 2. The Morgan fingerprint density at radius 3 is 2.90 bits per heavy atom. The van der Waals surface area contributed by atoms with Gasteiger partial charge in [0.1, 0.15) is 0 Å². The summed E-state index contributed by atoms with van der Waals surface area (Å²) in [5, 5.41) is 0. The van der Waals surface area contributed by atoms with Crippen molar-refractivity contribution in [2.24, 2.45) is 5.92 Å². The third kappa shape index (κ3) is 6.04. The summed E-state index contributed by atoms with van der Waals surface area (Å²) in [6.07, 6.45) is 7.72. The minimum atomic E-state index is -0.614. The number of rotatable bonds is 5. The standard InChI is InChI=1S/C18H26O2S/c1-16(18-9-5-2-6-10-18)14-20-12-11-17-8-4-3-7-13-21(19)15-17/h2,5-6,9-10,14,17H,3-4,7-8,11-13,15H2,1H3/b16-14-. The maximum atomic E-state index is 11.8. The van der Waals surface area contributed by atoms with Crippen molar-refractivity contribution in [3.63, 3.8) is 0 Å². The van der Waals surface area contributed by atoms with E-state index in [2.05, 4.69) is 19.1 Å². The van der Waals surface area contributed by atoms with Crippen LogP contribution in [0.1, 0.15) is 44.6 Å². The molecule has 1 aromatic rings. The Kier molecular flexibility index (Phi) is 7.01. The topological polar surface area (TPSA) is 26.3 Å². The van der Waals surface area contributed by atoms with Gasteiger partial charge in [0.15, 0.2) is 0 Å². The van der Waals surface area contributed by atoms with Crippen LogP contribution in [0.25, 0.3) is 5.57 Å². The quantitative estimate of drug-likeness (QED) is 0.595. The summed E-state index contributed by atoms with van der Waals surface area (Å²) < 4.78 is 17.5. The van der Waals surface area contributed by atoms with E-state index in [1.165, 1.54) is 24.8 Å². The van der Waals surface area contributed by atoms with Gasteiger partial charge in [0.05, 0.1) is 12.9 Å². The monoisotopic (exact) mass is 306 g/mol. The molecule has 1 saturated heterocycles. The summed E-state index contributed by atoms with van der Waals surface area (Å²) in [6.45, 7) is 2.80. The molecule has 21 heavy (non-hydrogen) atoms. The molecule has 2 atom stereocenters. The van der Waals surface area contributed by atoms with Crippen LogP contribution >= 0.6 is 0 Å². The van der Waals surface area contributed by atoms with E-state index in [1.54, 1.807) is 0 Å². The third-order valence-corrected chi connectivity index (χ3v) is 5.63. The molecule has 1 aliphatic heterocycles. The Morgan fingerprint density at radius 1 is 1.29 bits per heavy atom. The highest BCUT2D eigenvalue weighted by atomic mass is 32.2. The Bertz CT molecular complexity index is 467. The van der Waals surface area contributed by atoms with E-state index >= 15 is 0 Å². The van der Waals surface area contributed by atoms with Gasteiger partial charge in [-0.05, 0) is 43.2 Å². The Morgan fingerprint density at radius 2 is 2.10 bits per heavy atom. The molecule has 2 unspecified atom stereocenters. The van der Waals surface area contributed by atoms with Crippen LogP contribution in [0.2, 0.25) is 0 Å². The van der Waals surface area contributed by atoms with Crippen LogP contribution in [0.3, 0.4) is 0 Å². The summed E-state index contributed by atoms with van der Waals surface area (Å²) in [7, 11) is -0.614. The van der Waals surface area contributed by atoms with Gasteiger partial charge in [-0.25, -0.2) is 0 Å².